The van der Waals surface area contributed by atoms with E-state index in [1.54, 1.807) is 6.20 Å². The number of fused-ring (bicyclic) bond motifs is 2. The summed E-state index contributed by atoms with van der Waals surface area (Å²) in [6.07, 6.45) is 5.72. The van der Waals surface area contributed by atoms with Crippen molar-refractivity contribution in [2.75, 3.05) is 5.73 Å². The van der Waals surface area contributed by atoms with Gasteiger partial charge in [-0.2, -0.15) is 0 Å². The molecule has 18 heavy (non-hydrogen) atoms. The standard InChI is InChI=1S/C15H22N2O/c1-14(2)10-6-7-15(14,3)12(9-10)18-13-11(16)5-4-8-17-13/h4-5,8,10,12H,6-7,9,16H2,1-3H3. The van der Waals surface area contributed by atoms with E-state index in [2.05, 4.69) is 25.8 Å². The first kappa shape index (κ1) is 11.8. The SMILES string of the molecule is CC1(C)C2CCC1(C)C(Oc1ncccc1N)C2. The summed E-state index contributed by atoms with van der Waals surface area (Å²) in [6.45, 7) is 7.13. The van der Waals surface area contributed by atoms with Crippen LogP contribution in [0, 0.1) is 16.7 Å². The Morgan fingerprint density at radius 1 is 1.39 bits per heavy atom. The average molecular weight is 246 g/mol. The van der Waals surface area contributed by atoms with Crippen molar-refractivity contribution in [1.29, 1.82) is 0 Å². The Labute approximate surface area is 109 Å². The molecule has 98 valence electrons. The van der Waals surface area contributed by atoms with Crippen molar-refractivity contribution >= 4 is 5.69 Å². The van der Waals surface area contributed by atoms with Crippen molar-refractivity contribution in [2.24, 2.45) is 16.7 Å². The smallest absolute Gasteiger partial charge is 0.237 e. The molecule has 1 aromatic rings. The van der Waals surface area contributed by atoms with Gasteiger partial charge in [-0.3, -0.25) is 0 Å². The molecule has 0 radical (unpaired) electrons. The van der Waals surface area contributed by atoms with Gasteiger partial charge in [0.2, 0.25) is 5.88 Å². The first-order chi connectivity index (χ1) is 8.45. The maximum atomic E-state index is 6.14. The molecule has 3 nitrogen and oxygen atoms in total. The zero-order chi connectivity index (χ0) is 13.0. The van der Waals surface area contributed by atoms with Crippen LogP contribution in [0.4, 0.5) is 5.69 Å². The second-order valence-electron chi connectivity index (χ2n) is 6.61. The van der Waals surface area contributed by atoms with E-state index in [-0.39, 0.29) is 11.5 Å². The third kappa shape index (κ3) is 1.39. The molecule has 3 unspecified atom stereocenters. The van der Waals surface area contributed by atoms with Gasteiger partial charge in [0.25, 0.3) is 0 Å². The molecular weight excluding hydrogens is 224 g/mol. The van der Waals surface area contributed by atoms with E-state index in [1.165, 1.54) is 12.8 Å². The quantitative estimate of drug-likeness (QED) is 0.871. The molecule has 0 saturated heterocycles. The Hall–Kier alpha value is -1.25. The number of nitrogens with two attached hydrogens (primary N) is 1. The molecule has 2 saturated carbocycles. The van der Waals surface area contributed by atoms with Crippen molar-refractivity contribution < 1.29 is 4.74 Å². The summed E-state index contributed by atoms with van der Waals surface area (Å²) in [6, 6.07) is 3.69. The molecule has 2 fully saturated rings. The summed E-state index contributed by atoms with van der Waals surface area (Å²) in [4.78, 5) is 4.26. The van der Waals surface area contributed by atoms with Crippen LogP contribution in [0.15, 0.2) is 18.3 Å². The second-order valence-corrected chi connectivity index (χ2v) is 6.61. The molecule has 1 aromatic heterocycles. The molecule has 3 heteroatoms. The summed E-state index contributed by atoms with van der Waals surface area (Å²) in [5, 5.41) is 0. The second kappa shape index (κ2) is 3.62. The van der Waals surface area contributed by atoms with E-state index in [0.29, 0.717) is 17.0 Å². The van der Waals surface area contributed by atoms with Gasteiger partial charge < -0.3 is 10.5 Å². The van der Waals surface area contributed by atoms with Crippen LogP contribution >= 0.6 is 0 Å². The molecule has 2 aliphatic rings. The Morgan fingerprint density at radius 2 is 2.17 bits per heavy atom. The zero-order valence-corrected chi connectivity index (χ0v) is 11.4. The summed E-state index contributed by atoms with van der Waals surface area (Å²) in [5.74, 6) is 1.38. The lowest BCUT2D eigenvalue weighted by atomic mass is 9.70. The third-order valence-corrected chi connectivity index (χ3v) is 5.77. The average Bonchev–Trinajstić information content (AvgIpc) is 2.65. The van der Waals surface area contributed by atoms with Gasteiger partial charge in [-0.15, -0.1) is 0 Å². The maximum absolute atomic E-state index is 6.14. The minimum atomic E-state index is 0.252. The number of aromatic nitrogens is 1. The normalized spacial score (nSPS) is 36.8. The van der Waals surface area contributed by atoms with Crippen molar-refractivity contribution in [1.82, 2.24) is 4.98 Å². The van der Waals surface area contributed by atoms with Crippen LogP contribution in [0.1, 0.15) is 40.0 Å². The topological polar surface area (TPSA) is 48.1 Å². The van der Waals surface area contributed by atoms with Gasteiger partial charge in [-0.25, -0.2) is 4.98 Å². The fourth-order valence-corrected chi connectivity index (χ4v) is 3.94. The Kier molecular flexibility index (Phi) is 2.38. The van der Waals surface area contributed by atoms with Crippen molar-refractivity contribution in [3.8, 4) is 5.88 Å². The van der Waals surface area contributed by atoms with Gasteiger partial charge in [0.1, 0.15) is 6.10 Å². The highest BCUT2D eigenvalue weighted by Gasteiger charge is 2.62. The highest BCUT2D eigenvalue weighted by atomic mass is 16.5. The molecule has 2 N–H and O–H groups in total. The van der Waals surface area contributed by atoms with E-state index in [9.17, 15) is 0 Å². The highest BCUT2D eigenvalue weighted by Crippen LogP contribution is 2.66. The summed E-state index contributed by atoms with van der Waals surface area (Å²) < 4.78 is 6.14. The Balaban J connectivity index is 1.86. The van der Waals surface area contributed by atoms with Crippen LogP contribution in [0.2, 0.25) is 0 Å². The number of hydrogen-bond acceptors (Lipinski definition) is 3. The molecule has 0 amide bonds. The van der Waals surface area contributed by atoms with Crippen molar-refractivity contribution in [3.63, 3.8) is 0 Å². The Bertz CT molecular complexity index is 471. The van der Waals surface area contributed by atoms with Gasteiger partial charge in [0.05, 0.1) is 5.69 Å². The Morgan fingerprint density at radius 3 is 2.72 bits per heavy atom. The van der Waals surface area contributed by atoms with Crippen LogP contribution < -0.4 is 10.5 Å². The molecule has 2 aliphatic carbocycles. The van der Waals surface area contributed by atoms with E-state index in [4.69, 9.17) is 10.5 Å². The van der Waals surface area contributed by atoms with Gasteiger partial charge in [0, 0.05) is 11.6 Å². The van der Waals surface area contributed by atoms with Gasteiger partial charge in [-0.05, 0) is 42.7 Å². The van der Waals surface area contributed by atoms with Crippen molar-refractivity contribution in [2.45, 2.75) is 46.1 Å². The molecule has 0 aliphatic heterocycles. The van der Waals surface area contributed by atoms with Crippen LogP contribution in [-0.4, -0.2) is 11.1 Å². The minimum Gasteiger partial charge on any atom is -0.472 e. The molecule has 1 heterocycles. The number of nitrogens with zero attached hydrogens (tertiary/aromatic N) is 1. The van der Waals surface area contributed by atoms with E-state index >= 15 is 0 Å². The monoisotopic (exact) mass is 246 g/mol. The number of anilines is 1. The van der Waals surface area contributed by atoms with Gasteiger partial charge >= 0.3 is 0 Å². The fourth-order valence-electron chi connectivity index (χ4n) is 3.94. The third-order valence-electron chi connectivity index (χ3n) is 5.77. The molecule has 0 aromatic carbocycles. The van der Waals surface area contributed by atoms with Crippen LogP contribution in [0.3, 0.4) is 0 Å². The number of pyridine rings is 1. The zero-order valence-electron chi connectivity index (χ0n) is 11.4. The fraction of sp³-hybridized carbons (Fsp3) is 0.667. The van der Waals surface area contributed by atoms with E-state index in [0.717, 1.165) is 12.3 Å². The lowest BCUT2D eigenvalue weighted by molar-refractivity contribution is 0.0278. The maximum Gasteiger partial charge on any atom is 0.237 e. The minimum absolute atomic E-state index is 0.252. The molecular formula is C15H22N2O. The largest absolute Gasteiger partial charge is 0.472 e. The summed E-state index contributed by atoms with van der Waals surface area (Å²) >= 11 is 0. The molecule has 0 spiro atoms. The number of ether oxygens (including phenoxy) is 1. The van der Waals surface area contributed by atoms with Crippen LogP contribution in [-0.2, 0) is 0 Å². The van der Waals surface area contributed by atoms with E-state index < -0.39 is 0 Å². The van der Waals surface area contributed by atoms with Gasteiger partial charge in [-0.1, -0.05) is 20.8 Å². The first-order valence-corrected chi connectivity index (χ1v) is 6.82. The number of nitrogen functional groups attached to an aromatic ring is 1. The van der Waals surface area contributed by atoms with E-state index in [1.807, 2.05) is 12.1 Å². The summed E-state index contributed by atoms with van der Waals surface area (Å²) in [7, 11) is 0. The van der Waals surface area contributed by atoms with Crippen molar-refractivity contribution in [3.05, 3.63) is 18.3 Å². The number of hydrogen-bond donors (Lipinski definition) is 1. The lowest BCUT2D eigenvalue weighted by Crippen LogP contribution is -2.39. The molecule has 3 atom stereocenters. The van der Waals surface area contributed by atoms with Crippen LogP contribution in [0.25, 0.3) is 0 Å². The lowest BCUT2D eigenvalue weighted by Gasteiger charge is -2.38. The molecule has 2 bridgehead atoms. The predicted molar refractivity (Wildman–Crippen MR) is 72.3 cm³/mol. The van der Waals surface area contributed by atoms with Crippen LogP contribution in [0.5, 0.6) is 5.88 Å². The number of rotatable bonds is 2. The highest BCUT2D eigenvalue weighted by molar-refractivity contribution is 5.47. The predicted octanol–water partition coefficient (Wildman–Crippen LogP) is 3.26. The van der Waals surface area contributed by atoms with Gasteiger partial charge in [0.15, 0.2) is 0 Å². The molecule has 3 rings (SSSR count). The summed E-state index contributed by atoms with van der Waals surface area (Å²) in [5.41, 5.74) is 7.17. The first-order valence-electron chi connectivity index (χ1n) is 6.82.